The maximum atomic E-state index is 11.9. The van der Waals surface area contributed by atoms with Gasteiger partial charge in [0.15, 0.2) is 0 Å². The number of anilines is 1. The minimum atomic E-state index is 0.0234. The molecule has 2 aromatic rings. The van der Waals surface area contributed by atoms with Gasteiger partial charge in [-0.2, -0.15) is 0 Å². The fourth-order valence-electron chi connectivity index (χ4n) is 4.01. The number of alkyl halides is 1. The van der Waals surface area contributed by atoms with E-state index in [1.54, 1.807) is 0 Å². The van der Waals surface area contributed by atoms with Crippen LogP contribution in [0, 0.1) is 5.92 Å². The van der Waals surface area contributed by atoms with Gasteiger partial charge in [-0.1, -0.05) is 13.8 Å². The monoisotopic (exact) mass is 392 g/mol. The van der Waals surface area contributed by atoms with E-state index in [1.807, 2.05) is 16.2 Å². The first-order chi connectivity index (χ1) is 12.6. The van der Waals surface area contributed by atoms with E-state index in [0.717, 1.165) is 54.7 Å². The topological polar surface area (TPSA) is 49.3 Å². The number of piperazine rings is 1. The summed E-state index contributed by atoms with van der Waals surface area (Å²) in [5.74, 6) is 2.84. The zero-order valence-electron chi connectivity index (χ0n) is 15.4. The number of nitrogens with zero attached hydrogens (tertiary/aromatic N) is 4. The molecule has 1 aliphatic carbocycles. The summed E-state index contributed by atoms with van der Waals surface area (Å²) in [6, 6.07) is 0. The van der Waals surface area contributed by atoms with Crippen molar-refractivity contribution in [1.82, 2.24) is 14.9 Å². The molecule has 4 rings (SSSR count). The number of hydrogen-bond acceptors (Lipinski definition) is 5. The van der Waals surface area contributed by atoms with Gasteiger partial charge >= 0.3 is 0 Å². The number of hydrogen-bond donors (Lipinski definition) is 0. The van der Waals surface area contributed by atoms with Gasteiger partial charge in [0, 0.05) is 37.5 Å². The molecular formula is C19H25ClN4OS. The number of fused-ring (bicyclic) bond motifs is 3. The van der Waals surface area contributed by atoms with Crippen molar-refractivity contribution < 1.29 is 4.79 Å². The van der Waals surface area contributed by atoms with Crippen LogP contribution < -0.4 is 4.90 Å². The number of thiophene rings is 1. The Kier molecular flexibility index (Phi) is 5.06. The third kappa shape index (κ3) is 3.18. The highest BCUT2D eigenvalue weighted by molar-refractivity contribution is 7.19. The number of amides is 1. The van der Waals surface area contributed by atoms with Gasteiger partial charge < -0.3 is 9.80 Å². The van der Waals surface area contributed by atoms with Crippen molar-refractivity contribution in [3.05, 3.63) is 16.3 Å². The van der Waals surface area contributed by atoms with E-state index < -0.39 is 0 Å². The van der Waals surface area contributed by atoms with Crippen LogP contribution in [0.5, 0.6) is 0 Å². The molecule has 26 heavy (non-hydrogen) atoms. The predicted octanol–water partition coefficient (Wildman–Crippen LogP) is 3.27. The van der Waals surface area contributed by atoms with Crippen molar-refractivity contribution >= 4 is 44.9 Å². The molecule has 140 valence electrons. The molecule has 7 heteroatoms. The van der Waals surface area contributed by atoms with E-state index in [0.29, 0.717) is 13.1 Å². The molecule has 0 saturated carbocycles. The first-order valence-corrected chi connectivity index (χ1v) is 10.9. The molecule has 2 aliphatic rings. The Morgan fingerprint density at radius 3 is 2.73 bits per heavy atom. The molecule has 0 aromatic carbocycles. The number of aryl methyl sites for hydroxylation is 2. The fourth-order valence-corrected chi connectivity index (χ4v) is 5.57. The van der Waals surface area contributed by atoms with Crippen LogP contribution in [0.4, 0.5) is 5.82 Å². The zero-order valence-corrected chi connectivity index (χ0v) is 17.0. The molecule has 1 saturated heterocycles. The fraction of sp³-hybridized carbons (Fsp3) is 0.632. The molecule has 2 aromatic heterocycles. The van der Waals surface area contributed by atoms with Gasteiger partial charge in [-0.3, -0.25) is 4.79 Å². The molecule has 0 radical (unpaired) electrons. The average molecular weight is 393 g/mol. The largest absolute Gasteiger partial charge is 0.352 e. The molecule has 1 unspecified atom stereocenters. The molecule has 1 amide bonds. The van der Waals surface area contributed by atoms with Crippen LogP contribution in [0.3, 0.4) is 0 Å². The first-order valence-electron chi connectivity index (χ1n) is 9.50. The van der Waals surface area contributed by atoms with Crippen LogP contribution in [0.1, 0.15) is 36.5 Å². The normalized spacial score (nSPS) is 20.5. The van der Waals surface area contributed by atoms with Crippen molar-refractivity contribution in [3.63, 3.8) is 0 Å². The Labute approximate surface area is 163 Å². The predicted molar refractivity (Wildman–Crippen MR) is 107 cm³/mol. The quantitative estimate of drug-likeness (QED) is 0.752. The van der Waals surface area contributed by atoms with Crippen LogP contribution in [0.15, 0.2) is 0 Å². The summed E-state index contributed by atoms with van der Waals surface area (Å²) in [6.45, 7) is 7.48. The Hall–Kier alpha value is -1.40. The first kappa shape index (κ1) is 18.0. The van der Waals surface area contributed by atoms with Crippen LogP contribution in [0.2, 0.25) is 0 Å². The minimum Gasteiger partial charge on any atom is -0.352 e. The maximum absolute atomic E-state index is 11.9. The number of carbonyl (C=O) groups excluding carboxylic acids is 1. The standard InChI is InChI=1S/C19H25ClN4OS/c1-3-15-21-18(24-8-6-23(7-9-24)16(25)11-20)17-13-5-4-12(2)10-14(13)26-19(17)22-15/h12H,3-11H2,1-2H3. The van der Waals surface area contributed by atoms with Crippen LogP contribution in [-0.2, 0) is 24.1 Å². The second-order valence-electron chi connectivity index (χ2n) is 7.35. The second-order valence-corrected chi connectivity index (χ2v) is 8.70. The van der Waals surface area contributed by atoms with Gasteiger partial charge in [0.25, 0.3) is 0 Å². The lowest BCUT2D eigenvalue weighted by Gasteiger charge is -2.35. The minimum absolute atomic E-state index is 0.0234. The van der Waals surface area contributed by atoms with E-state index in [9.17, 15) is 4.79 Å². The molecule has 1 fully saturated rings. The van der Waals surface area contributed by atoms with Crippen molar-refractivity contribution in [3.8, 4) is 0 Å². The number of aromatic nitrogens is 2. The number of halogens is 1. The summed E-state index contributed by atoms with van der Waals surface area (Å²) in [6.07, 6.45) is 4.37. The van der Waals surface area contributed by atoms with Gasteiger partial charge in [-0.05, 0) is 30.7 Å². The summed E-state index contributed by atoms with van der Waals surface area (Å²) in [4.78, 5) is 28.5. The van der Waals surface area contributed by atoms with Crippen LogP contribution >= 0.6 is 22.9 Å². The van der Waals surface area contributed by atoms with Gasteiger partial charge in [-0.25, -0.2) is 9.97 Å². The van der Waals surface area contributed by atoms with E-state index in [-0.39, 0.29) is 11.8 Å². The molecule has 1 aliphatic heterocycles. The lowest BCUT2D eigenvalue weighted by Crippen LogP contribution is -2.49. The third-order valence-corrected chi connectivity index (χ3v) is 6.92. The van der Waals surface area contributed by atoms with E-state index in [2.05, 4.69) is 18.7 Å². The Morgan fingerprint density at radius 2 is 2.04 bits per heavy atom. The summed E-state index contributed by atoms with van der Waals surface area (Å²) in [7, 11) is 0. The number of rotatable bonds is 3. The average Bonchev–Trinajstić information content (AvgIpc) is 3.03. The molecule has 1 atom stereocenters. The lowest BCUT2D eigenvalue weighted by atomic mass is 9.89. The summed E-state index contributed by atoms with van der Waals surface area (Å²) >= 11 is 7.57. The van der Waals surface area contributed by atoms with Gasteiger partial charge in [0.2, 0.25) is 5.91 Å². The second kappa shape index (κ2) is 7.31. The Morgan fingerprint density at radius 1 is 1.27 bits per heavy atom. The smallest absolute Gasteiger partial charge is 0.237 e. The number of carbonyl (C=O) groups is 1. The lowest BCUT2D eigenvalue weighted by molar-refractivity contribution is -0.128. The zero-order chi connectivity index (χ0) is 18.3. The molecular weight excluding hydrogens is 368 g/mol. The third-order valence-electron chi connectivity index (χ3n) is 5.54. The van der Waals surface area contributed by atoms with Crippen molar-refractivity contribution in [2.45, 2.75) is 39.5 Å². The van der Waals surface area contributed by atoms with Gasteiger partial charge in [0.1, 0.15) is 22.4 Å². The maximum Gasteiger partial charge on any atom is 0.237 e. The van der Waals surface area contributed by atoms with Crippen LogP contribution in [0.25, 0.3) is 10.2 Å². The van der Waals surface area contributed by atoms with Crippen molar-refractivity contribution in [1.29, 1.82) is 0 Å². The molecule has 0 N–H and O–H groups in total. The molecule has 5 nitrogen and oxygen atoms in total. The Balaban J connectivity index is 1.71. The molecule has 0 spiro atoms. The highest BCUT2D eigenvalue weighted by Crippen LogP contribution is 2.41. The SMILES string of the molecule is CCc1nc(N2CCN(C(=O)CCl)CC2)c2c3c(sc2n1)CC(C)CC3. The van der Waals surface area contributed by atoms with Crippen LogP contribution in [-0.4, -0.2) is 52.8 Å². The molecule has 3 heterocycles. The van der Waals surface area contributed by atoms with E-state index in [1.165, 1.54) is 22.2 Å². The van der Waals surface area contributed by atoms with Gasteiger partial charge in [0.05, 0.1) is 5.39 Å². The summed E-state index contributed by atoms with van der Waals surface area (Å²) in [5, 5.41) is 1.27. The van der Waals surface area contributed by atoms with Crippen molar-refractivity contribution in [2.75, 3.05) is 37.0 Å². The van der Waals surface area contributed by atoms with Crippen molar-refractivity contribution in [2.24, 2.45) is 5.92 Å². The summed E-state index contributed by atoms with van der Waals surface area (Å²) < 4.78 is 0. The van der Waals surface area contributed by atoms with E-state index in [4.69, 9.17) is 21.6 Å². The highest BCUT2D eigenvalue weighted by Gasteiger charge is 2.28. The highest BCUT2D eigenvalue weighted by atomic mass is 35.5. The molecule has 0 bridgehead atoms. The summed E-state index contributed by atoms with van der Waals surface area (Å²) in [5.41, 5.74) is 1.47. The Bertz CT molecular complexity index is 829. The van der Waals surface area contributed by atoms with E-state index >= 15 is 0 Å². The van der Waals surface area contributed by atoms with Gasteiger partial charge in [-0.15, -0.1) is 22.9 Å².